The first-order valence-corrected chi connectivity index (χ1v) is 9.08. The number of pyridine rings is 1. The Labute approximate surface area is 157 Å². The molecule has 1 unspecified atom stereocenters. The van der Waals surface area contributed by atoms with E-state index in [0.29, 0.717) is 0 Å². The SMILES string of the molecule is Cl.c1ccc(-c2csc(=Nc3cccnc3)n2CC2CCCO2)cc1. The maximum atomic E-state index is 5.85. The molecular formula is C19H20ClN3OS. The molecule has 1 atom stereocenters. The Bertz CT molecular complexity index is 855. The van der Waals surface area contributed by atoms with Crippen molar-refractivity contribution in [3.63, 3.8) is 0 Å². The predicted octanol–water partition coefficient (Wildman–Crippen LogP) is 4.44. The lowest BCUT2D eigenvalue weighted by atomic mass is 10.1. The Morgan fingerprint density at radius 2 is 2.08 bits per heavy atom. The van der Waals surface area contributed by atoms with Crippen LogP contribution in [0.1, 0.15) is 12.8 Å². The number of benzene rings is 1. The lowest BCUT2D eigenvalue weighted by molar-refractivity contribution is 0.0968. The average Bonchev–Trinajstić information content (AvgIpc) is 3.28. The van der Waals surface area contributed by atoms with Crippen molar-refractivity contribution in [2.24, 2.45) is 4.99 Å². The van der Waals surface area contributed by atoms with E-state index in [4.69, 9.17) is 9.73 Å². The molecule has 4 nitrogen and oxygen atoms in total. The summed E-state index contributed by atoms with van der Waals surface area (Å²) in [4.78, 5) is 9.93. The molecule has 0 saturated carbocycles. The molecule has 3 aromatic rings. The summed E-state index contributed by atoms with van der Waals surface area (Å²) in [7, 11) is 0. The van der Waals surface area contributed by atoms with Crippen LogP contribution in [0.15, 0.2) is 65.2 Å². The van der Waals surface area contributed by atoms with E-state index in [2.05, 4.69) is 39.2 Å². The molecule has 4 rings (SSSR count). The predicted molar refractivity (Wildman–Crippen MR) is 103 cm³/mol. The first-order chi connectivity index (χ1) is 11.9. The van der Waals surface area contributed by atoms with Gasteiger partial charge in [0.05, 0.1) is 30.2 Å². The van der Waals surface area contributed by atoms with E-state index < -0.39 is 0 Å². The largest absolute Gasteiger partial charge is 0.376 e. The number of ether oxygens (including phenoxy) is 1. The Balaban J connectivity index is 0.00000182. The topological polar surface area (TPSA) is 39.4 Å². The smallest absolute Gasteiger partial charge is 0.190 e. The summed E-state index contributed by atoms with van der Waals surface area (Å²) in [6.07, 6.45) is 6.09. The number of aromatic nitrogens is 2. The first kappa shape index (κ1) is 17.9. The molecule has 0 radical (unpaired) electrons. The van der Waals surface area contributed by atoms with Gasteiger partial charge in [-0.1, -0.05) is 30.3 Å². The Morgan fingerprint density at radius 3 is 2.80 bits per heavy atom. The normalized spacial score (nSPS) is 17.4. The molecule has 0 spiro atoms. The maximum absolute atomic E-state index is 5.85. The molecule has 1 saturated heterocycles. The van der Waals surface area contributed by atoms with E-state index in [1.807, 2.05) is 18.2 Å². The van der Waals surface area contributed by atoms with Gasteiger partial charge >= 0.3 is 0 Å². The lowest BCUT2D eigenvalue weighted by Crippen LogP contribution is -2.24. The number of halogens is 1. The van der Waals surface area contributed by atoms with Crippen molar-refractivity contribution >= 4 is 29.4 Å². The van der Waals surface area contributed by atoms with Crippen molar-refractivity contribution in [3.05, 3.63) is 65.0 Å². The molecule has 0 aliphatic carbocycles. The lowest BCUT2D eigenvalue weighted by Gasteiger charge is -2.14. The minimum absolute atomic E-state index is 0. The van der Waals surface area contributed by atoms with E-state index >= 15 is 0 Å². The number of hydrogen-bond acceptors (Lipinski definition) is 4. The highest BCUT2D eigenvalue weighted by atomic mass is 35.5. The van der Waals surface area contributed by atoms with Crippen molar-refractivity contribution in [2.75, 3.05) is 6.61 Å². The van der Waals surface area contributed by atoms with Crippen molar-refractivity contribution in [3.8, 4) is 11.3 Å². The number of thiazole rings is 1. The van der Waals surface area contributed by atoms with Crippen LogP contribution in [-0.2, 0) is 11.3 Å². The molecule has 130 valence electrons. The van der Waals surface area contributed by atoms with Crippen LogP contribution < -0.4 is 4.80 Å². The molecule has 0 amide bonds. The van der Waals surface area contributed by atoms with Gasteiger partial charge in [0.15, 0.2) is 4.80 Å². The fourth-order valence-electron chi connectivity index (χ4n) is 2.96. The molecule has 6 heteroatoms. The van der Waals surface area contributed by atoms with Gasteiger partial charge in [-0.2, -0.15) is 0 Å². The van der Waals surface area contributed by atoms with Crippen LogP contribution in [0.4, 0.5) is 5.69 Å². The summed E-state index contributed by atoms with van der Waals surface area (Å²) >= 11 is 1.66. The van der Waals surface area contributed by atoms with Gasteiger partial charge in [0.25, 0.3) is 0 Å². The highest BCUT2D eigenvalue weighted by Crippen LogP contribution is 2.23. The van der Waals surface area contributed by atoms with Crippen LogP contribution in [0.3, 0.4) is 0 Å². The van der Waals surface area contributed by atoms with Gasteiger partial charge in [-0.3, -0.25) is 4.98 Å². The molecule has 1 aliphatic heterocycles. The summed E-state index contributed by atoms with van der Waals surface area (Å²) in [5.41, 5.74) is 3.28. The van der Waals surface area contributed by atoms with Gasteiger partial charge in [-0.15, -0.1) is 23.7 Å². The van der Waals surface area contributed by atoms with E-state index in [-0.39, 0.29) is 18.5 Å². The van der Waals surface area contributed by atoms with Crippen molar-refractivity contribution in [1.29, 1.82) is 0 Å². The number of nitrogens with zero attached hydrogens (tertiary/aromatic N) is 3. The maximum Gasteiger partial charge on any atom is 0.190 e. The highest BCUT2D eigenvalue weighted by molar-refractivity contribution is 7.07. The molecule has 1 aliphatic rings. The fourth-order valence-corrected chi connectivity index (χ4v) is 3.90. The van der Waals surface area contributed by atoms with Crippen LogP contribution in [-0.4, -0.2) is 22.3 Å². The van der Waals surface area contributed by atoms with Gasteiger partial charge in [0, 0.05) is 18.2 Å². The molecule has 0 bridgehead atoms. The molecule has 3 heterocycles. The molecule has 0 N–H and O–H groups in total. The highest BCUT2D eigenvalue weighted by Gasteiger charge is 2.18. The summed E-state index contributed by atoms with van der Waals surface area (Å²) in [5.74, 6) is 0. The standard InChI is InChI=1S/C19H19N3OS.ClH/c1-2-6-15(7-3-1)18-14-24-19(21-16-8-4-10-20-12-16)22(18)13-17-9-5-11-23-17;/h1-4,6-8,10,12,14,17H,5,9,11,13H2;1H. The third-order valence-corrected chi connectivity index (χ3v) is 5.01. The zero-order valence-electron chi connectivity index (χ0n) is 13.7. The molecular weight excluding hydrogens is 354 g/mol. The van der Waals surface area contributed by atoms with Gasteiger partial charge in [0.2, 0.25) is 0 Å². The Hall–Kier alpha value is -1.95. The van der Waals surface area contributed by atoms with Gasteiger partial charge in [0.1, 0.15) is 0 Å². The quantitative estimate of drug-likeness (QED) is 0.678. The van der Waals surface area contributed by atoms with Crippen LogP contribution >= 0.6 is 23.7 Å². The monoisotopic (exact) mass is 373 g/mol. The summed E-state index contributed by atoms with van der Waals surface area (Å²) in [6, 6.07) is 14.4. The fraction of sp³-hybridized carbons (Fsp3) is 0.263. The number of rotatable bonds is 4. The Kier molecular flexibility index (Phi) is 6.02. The van der Waals surface area contributed by atoms with E-state index in [1.165, 1.54) is 11.3 Å². The van der Waals surface area contributed by atoms with Crippen molar-refractivity contribution in [2.45, 2.75) is 25.5 Å². The second-order valence-electron chi connectivity index (χ2n) is 5.84. The van der Waals surface area contributed by atoms with Crippen LogP contribution in [0, 0.1) is 0 Å². The minimum atomic E-state index is 0. The third kappa shape index (κ3) is 4.18. The molecule has 1 fully saturated rings. The van der Waals surface area contributed by atoms with Crippen molar-refractivity contribution < 1.29 is 4.74 Å². The molecule has 1 aromatic carbocycles. The zero-order valence-corrected chi connectivity index (χ0v) is 15.4. The van der Waals surface area contributed by atoms with Gasteiger partial charge in [-0.25, -0.2) is 4.99 Å². The molecule has 25 heavy (non-hydrogen) atoms. The minimum Gasteiger partial charge on any atom is -0.376 e. The van der Waals surface area contributed by atoms with Crippen molar-refractivity contribution in [1.82, 2.24) is 9.55 Å². The Morgan fingerprint density at radius 1 is 1.20 bits per heavy atom. The third-order valence-electron chi connectivity index (χ3n) is 4.15. The van der Waals surface area contributed by atoms with Crippen LogP contribution in [0.2, 0.25) is 0 Å². The van der Waals surface area contributed by atoms with E-state index in [0.717, 1.165) is 36.5 Å². The second kappa shape index (κ2) is 8.43. The first-order valence-electron chi connectivity index (χ1n) is 8.20. The van der Waals surface area contributed by atoms with Crippen LogP contribution in [0.25, 0.3) is 11.3 Å². The number of hydrogen-bond donors (Lipinski definition) is 0. The van der Waals surface area contributed by atoms with Gasteiger partial charge < -0.3 is 9.30 Å². The van der Waals surface area contributed by atoms with E-state index in [9.17, 15) is 0 Å². The van der Waals surface area contributed by atoms with Crippen LogP contribution in [0.5, 0.6) is 0 Å². The summed E-state index contributed by atoms with van der Waals surface area (Å²) in [5, 5.41) is 2.18. The second-order valence-corrected chi connectivity index (χ2v) is 6.67. The summed E-state index contributed by atoms with van der Waals surface area (Å²) in [6.45, 7) is 1.71. The molecule has 2 aromatic heterocycles. The van der Waals surface area contributed by atoms with E-state index in [1.54, 1.807) is 23.7 Å². The van der Waals surface area contributed by atoms with Gasteiger partial charge in [-0.05, 0) is 30.5 Å². The average molecular weight is 374 g/mol. The summed E-state index contributed by atoms with van der Waals surface area (Å²) < 4.78 is 8.13. The zero-order chi connectivity index (χ0) is 16.2.